The molecule has 0 saturated heterocycles. The van der Waals surface area contributed by atoms with Crippen LogP contribution in [0.5, 0.6) is 0 Å². The van der Waals surface area contributed by atoms with E-state index in [2.05, 4.69) is 24.3 Å². The minimum absolute atomic E-state index is 0.0233. The van der Waals surface area contributed by atoms with Gasteiger partial charge in [0.1, 0.15) is 0 Å². The second-order valence-corrected chi connectivity index (χ2v) is 9.70. The normalized spacial score (nSPS) is 23.9. The van der Waals surface area contributed by atoms with E-state index in [9.17, 15) is 9.59 Å². The van der Waals surface area contributed by atoms with E-state index >= 15 is 0 Å². The number of carbonyl (C=O) groups is 2. The Bertz CT molecular complexity index is 490. The summed E-state index contributed by atoms with van der Waals surface area (Å²) in [6.45, 7) is 1.13. The molecule has 0 fully saturated rings. The first-order valence-electron chi connectivity index (χ1n) is 14.4. The van der Waals surface area contributed by atoms with Crippen molar-refractivity contribution in [3.63, 3.8) is 0 Å². The Balaban J connectivity index is 2.18. The lowest BCUT2D eigenvalue weighted by Gasteiger charge is -2.05. The minimum atomic E-state index is -0.0233. The van der Waals surface area contributed by atoms with Crippen molar-refractivity contribution in [2.24, 2.45) is 0 Å². The number of hydrogen-bond donors (Lipinski definition) is 0. The van der Waals surface area contributed by atoms with Crippen molar-refractivity contribution in [1.82, 2.24) is 0 Å². The van der Waals surface area contributed by atoms with E-state index in [1.807, 2.05) is 0 Å². The Labute approximate surface area is 209 Å². The van der Waals surface area contributed by atoms with Crippen LogP contribution in [0.15, 0.2) is 24.3 Å². The largest absolute Gasteiger partial charge is 0.466 e. The lowest BCUT2D eigenvalue weighted by atomic mass is 10.1. The summed E-state index contributed by atoms with van der Waals surface area (Å²) in [6, 6.07) is 0. The van der Waals surface area contributed by atoms with Crippen molar-refractivity contribution in [3.05, 3.63) is 24.3 Å². The van der Waals surface area contributed by atoms with Crippen LogP contribution in [-0.2, 0) is 19.1 Å². The van der Waals surface area contributed by atoms with Gasteiger partial charge in [-0.2, -0.15) is 0 Å². The molecule has 0 spiro atoms. The number of rotatable bonds is 0. The maximum Gasteiger partial charge on any atom is 0.305 e. The molecule has 1 rings (SSSR count). The molecule has 0 saturated carbocycles. The fourth-order valence-electron chi connectivity index (χ4n) is 4.19. The zero-order valence-corrected chi connectivity index (χ0v) is 21.9. The molecular formula is C30H52O4. The summed E-state index contributed by atoms with van der Waals surface area (Å²) in [6.07, 6.45) is 32.9. The molecule has 196 valence electrons. The van der Waals surface area contributed by atoms with E-state index in [0.717, 1.165) is 77.0 Å². The molecule has 0 aliphatic carbocycles. The van der Waals surface area contributed by atoms with Crippen LogP contribution in [0.3, 0.4) is 0 Å². The van der Waals surface area contributed by atoms with Gasteiger partial charge in [0.25, 0.3) is 0 Å². The maximum absolute atomic E-state index is 11.8. The monoisotopic (exact) mass is 476 g/mol. The van der Waals surface area contributed by atoms with Gasteiger partial charge in [0, 0.05) is 12.8 Å². The SMILES string of the molecule is O=C1CCCCCCCC/C=C/CCCCOC(=O)CCCCCCCC/C=C/CCCCO1. The number of esters is 2. The molecule has 4 heteroatoms. The molecule has 4 nitrogen and oxygen atoms in total. The van der Waals surface area contributed by atoms with Gasteiger partial charge in [-0.15, -0.1) is 0 Å². The third kappa shape index (κ3) is 22.2. The van der Waals surface area contributed by atoms with E-state index in [4.69, 9.17) is 9.47 Å². The molecule has 0 aromatic carbocycles. The van der Waals surface area contributed by atoms with Gasteiger partial charge in [0.2, 0.25) is 0 Å². The Morgan fingerprint density at radius 2 is 0.676 bits per heavy atom. The van der Waals surface area contributed by atoms with Crippen LogP contribution in [-0.4, -0.2) is 25.2 Å². The van der Waals surface area contributed by atoms with E-state index in [0.29, 0.717) is 26.1 Å². The predicted molar refractivity (Wildman–Crippen MR) is 142 cm³/mol. The van der Waals surface area contributed by atoms with Crippen LogP contribution in [0.2, 0.25) is 0 Å². The summed E-state index contributed by atoms with van der Waals surface area (Å²) in [5.74, 6) is -0.0466. The average Bonchev–Trinajstić information content (AvgIpc) is 2.83. The van der Waals surface area contributed by atoms with Crippen LogP contribution >= 0.6 is 0 Å². The van der Waals surface area contributed by atoms with Gasteiger partial charge in [0.15, 0.2) is 0 Å². The Morgan fingerprint density at radius 1 is 0.382 bits per heavy atom. The molecule has 34 heavy (non-hydrogen) atoms. The molecule has 1 aliphatic heterocycles. The van der Waals surface area contributed by atoms with Crippen molar-refractivity contribution in [2.45, 2.75) is 141 Å². The topological polar surface area (TPSA) is 52.6 Å². The van der Waals surface area contributed by atoms with E-state index in [1.54, 1.807) is 0 Å². The third-order valence-corrected chi connectivity index (χ3v) is 6.39. The highest BCUT2D eigenvalue weighted by atomic mass is 16.5. The van der Waals surface area contributed by atoms with Crippen LogP contribution in [0, 0.1) is 0 Å². The fourth-order valence-corrected chi connectivity index (χ4v) is 4.19. The van der Waals surface area contributed by atoms with E-state index in [1.165, 1.54) is 51.4 Å². The third-order valence-electron chi connectivity index (χ3n) is 6.39. The minimum Gasteiger partial charge on any atom is -0.466 e. The second kappa shape index (κ2) is 24.5. The standard InChI is InChI=1S/C30H52O4/c31-29-25-21-17-13-9-5-1-3-7-11-15-19-23-27-33-30(32)26-22-18-14-10-6-2-4-8-12-16-20-24-28-34-29/h7-8,11-12H,1-6,9-10,13-28H2/b11-7+,12-8+. The highest BCUT2D eigenvalue weighted by molar-refractivity contribution is 5.69. The number of ether oxygens (including phenoxy) is 2. The first kappa shape index (κ1) is 30.5. The number of carbonyl (C=O) groups excluding carboxylic acids is 2. The zero-order valence-electron chi connectivity index (χ0n) is 21.9. The highest BCUT2D eigenvalue weighted by Gasteiger charge is 2.03. The molecular weight excluding hydrogens is 424 g/mol. The first-order valence-corrected chi connectivity index (χ1v) is 14.4. The summed E-state index contributed by atoms with van der Waals surface area (Å²) < 4.78 is 10.7. The van der Waals surface area contributed by atoms with Crippen LogP contribution in [0.1, 0.15) is 141 Å². The quantitative estimate of drug-likeness (QED) is 0.259. The molecule has 0 radical (unpaired) electrons. The molecule has 0 aromatic heterocycles. The number of cyclic esters (lactones) is 2. The number of allylic oxidation sites excluding steroid dienone is 4. The van der Waals surface area contributed by atoms with Gasteiger partial charge in [-0.25, -0.2) is 0 Å². The molecule has 0 amide bonds. The van der Waals surface area contributed by atoms with Gasteiger partial charge in [-0.3, -0.25) is 9.59 Å². The lowest BCUT2D eigenvalue weighted by molar-refractivity contribution is -0.144. The molecule has 0 unspecified atom stereocenters. The van der Waals surface area contributed by atoms with E-state index < -0.39 is 0 Å². The molecule has 1 heterocycles. The molecule has 0 atom stereocenters. The molecule has 1 aliphatic rings. The smallest absolute Gasteiger partial charge is 0.305 e. The van der Waals surface area contributed by atoms with Gasteiger partial charge >= 0.3 is 11.9 Å². The van der Waals surface area contributed by atoms with Gasteiger partial charge in [-0.05, 0) is 77.0 Å². The highest BCUT2D eigenvalue weighted by Crippen LogP contribution is 2.12. The van der Waals surface area contributed by atoms with Crippen molar-refractivity contribution < 1.29 is 19.1 Å². The molecule has 0 N–H and O–H groups in total. The summed E-state index contributed by atoms with van der Waals surface area (Å²) in [5.41, 5.74) is 0. The van der Waals surface area contributed by atoms with Crippen molar-refractivity contribution in [1.29, 1.82) is 0 Å². The second-order valence-electron chi connectivity index (χ2n) is 9.70. The van der Waals surface area contributed by atoms with Gasteiger partial charge in [-0.1, -0.05) is 75.7 Å². The van der Waals surface area contributed by atoms with Crippen molar-refractivity contribution in [2.75, 3.05) is 13.2 Å². The molecule has 0 aromatic rings. The van der Waals surface area contributed by atoms with Crippen LogP contribution in [0.25, 0.3) is 0 Å². The van der Waals surface area contributed by atoms with Gasteiger partial charge < -0.3 is 9.47 Å². The van der Waals surface area contributed by atoms with Crippen molar-refractivity contribution >= 4 is 11.9 Å². The maximum atomic E-state index is 11.8. The Morgan fingerprint density at radius 3 is 1.06 bits per heavy atom. The van der Waals surface area contributed by atoms with Crippen LogP contribution < -0.4 is 0 Å². The summed E-state index contributed by atoms with van der Waals surface area (Å²) >= 11 is 0. The number of hydrogen-bond acceptors (Lipinski definition) is 4. The molecule has 0 bridgehead atoms. The average molecular weight is 477 g/mol. The summed E-state index contributed by atoms with van der Waals surface area (Å²) in [5, 5.41) is 0. The summed E-state index contributed by atoms with van der Waals surface area (Å²) in [4.78, 5) is 23.6. The Kier molecular flexibility index (Phi) is 22.0. The Hall–Kier alpha value is -1.58. The summed E-state index contributed by atoms with van der Waals surface area (Å²) in [7, 11) is 0. The first-order chi connectivity index (χ1) is 16.8. The predicted octanol–water partition coefficient (Wildman–Crippen LogP) is 8.78. The van der Waals surface area contributed by atoms with Crippen molar-refractivity contribution in [3.8, 4) is 0 Å². The van der Waals surface area contributed by atoms with Crippen LogP contribution in [0.4, 0.5) is 0 Å². The lowest BCUT2D eigenvalue weighted by Crippen LogP contribution is -2.05. The zero-order chi connectivity index (χ0) is 24.4. The van der Waals surface area contributed by atoms with Gasteiger partial charge in [0.05, 0.1) is 13.2 Å². The van der Waals surface area contributed by atoms with E-state index in [-0.39, 0.29) is 11.9 Å². The fraction of sp³-hybridized carbons (Fsp3) is 0.800.